The number of nitrogens with zero attached hydrogens (tertiary/aromatic N) is 5. The van der Waals surface area contributed by atoms with E-state index in [4.69, 9.17) is 16.6 Å². The van der Waals surface area contributed by atoms with E-state index in [9.17, 15) is 0 Å². The van der Waals surface area contributed by atoms with Gasteiger partial charge in [-0.1, -0.05) is 0 Å². The molecule has 1 aliphatic rings. The third-order valence-electron chi connectivity index (χ3n) is 4.46. The van der Waals surface area contributed by atoms with E-state index in [1.54, 1.807) is 0 Å². The molecule has 0 bridgehead atoms. The lowest BCUT2D eigenvalue weighted by Gasteiger charge is -2.30. The molecule has 3 rings (SSSR count). The van der Waals surface area contributed by atoms with Gasteiger partial charge in [0.1, 0.15) is 11.3 Å². The smallest absolute Gasteiger partial charge is 0.158 e. The van der Waals surface area contributed by atoms with Gasteiger partial charge in [0.2, 0.25) is 0 Å². The zero-order valence-corrected chi connectivity index (χ0v) is 13.9. The van der Waals surface area contributed by atoms with Crippen LogP contribution in [0.3, 0.4) is 0 Å². The molecule has 116 valence electrons. The Bertz CT molecular complexity index is 630. The van der Waals surface area contributed by atoms with Gasteiger partial charge in [0.15, 0.2) is 5.65 Å². The number of alkyl halides is 1. The van der Waals surface area contributed by atoms with E-state index in [-0.39, 0.29) is 0 Å². The molecular formula is C15H24ClN5. The summed E-state index contributed by atoms with van der Waals surface area (Å²) in [6, 6.07) is 0. The number of fused-ring (bicyclic) bond motifs is 1. The van der Waals surface area contributed by atoms with Crippen molar-refractivity contribution < 1.29 is 0 Å². The molecule has 0 aliphatic carbocycles. The number of aryl methyl sites for hydroxylation is 2. The Hall–Kier alpha value is -1.07. The molecule has 0 radical (unpaired) electrons. The molecule has 0 amide bonds. The van der Waals surface area contributed by atoms with Crippen molar-refractivity contribution in [2.45, 2.75) is 45.7 Å². The quantitative estimate of drug-likeness (QED) is 0.815. The van der Waals surface area contributed by atoms with Crippen molar-refractivity contribution in [1.29, 1.82) is 0 Å². The van der Waals surface area contributed by atoms with Crippen molar-refractivity contribution in [1.82, 2.24) is 24.2 Å². The molecule has 2 aromatic rings. The summed E-state index contributed by atoms with van der Waals surface area (Å²) in [5.74, 6) is 2.10. The van der Waals surface area contributed by atoms with Crippen molar-refractivity contribution in [3.8, 4) is 0 Å². The summed E-state index contributed by atoms with van der Waals surface area (Å²) in [5, 5.41) is 4.59. The van der Waals surface area contributed by atoms with E-state index in [1.165, 1.54) is 19.4 Å². The molecular weight excluding hydrogens is 286 g/mol. The number of piperidine rings is 1. The summed E-state index contributed by atoms with van der Waals surface area (Å²) < 4.78 is 4.36. The van der Waals surface area contributed by atoms with Crippen LogP contribution in [0.5, 0.6) is 0 Å². The minimum atomic E-state index is 0.459. The van der Waals surface area contributed by atoms with Crippen LogP contribution in [0.4, 0.5) is 0 Å². The Kier molecular flexibility index (Phi) is 4.22. The van der Waals surface area contributed by atoms with Crippen molar-refractivity contribution in [2.24, 2.45) is 5.92 Å². The normalized spacial score (nSPS) is 20.5. The second kappa shape index (κ2) is 5.97. The molecule has 5 nitrogen and oxygen atoms in total. The summed E-state index contributed by atoms with van der Waals surface area (Å²) in [7, 11) is 2.21. The van der Waals surface area contributed by atoms with Gasteiger partial charge in [-0.25, -0.2) is 9.67 Å². The van der Waals surface area contributed by atoms with Crippen LogP contribution < -0.4 is 0 Å². The number of likely N-dealkylation sites (tertiary alicyclic amines) is 1. The van der Waals surface area contributed by atoms with Crippen LogP contribution in [0.2, 0.25) is 0 Å². The van der Waals surface area contributed by atoms with E-state index < -0.39 is 0 Å². The molecule has 0 aromatic carbocycles. The molecule has 1 unspecified atom stereocenters. The Morgan fingerprint density at radius 2 is 2.19 bits per heavy atom. The fourth-order valence-corrected chi connectivity index (χ4v) is 3.67. The van der Waals surface area contributed by atoms with E-state index >= 15 is 0 Å². The monoisotopic (exact) mass is 309 g/mol. The van der Waals surface area contributed by atoms with Gasteiger partial charge < -0.3 is 9.47 Å². The molecule has 21 heavy (non-hydrogen) atoms. The topological polar surface area (TPSA) is 38.9 Å². The van der Waals surface area contributed by atoms with Crippen LogP contribution in [-0.2, 0) is 19.0 Å². The molecule has 1 fully saturated rings. The van der Waals surface area contributed by atoms with Crippen molar-refractivity contribution in [3.05, 3.63) is 11.5 Å². The number of imidazole rings is 1. The second-order valence-corrected chi connectivity index (χ2v) is 6.38. The maximum Gasteiger partial charge on any atom is 0.158 e. The van der Waals surface area contributed by atoms with E-state index in [2.05, 4.69) is 33.2 Å². The number of rotatable bonds is 4. The lowest BCUT2D eigenvalue weighted by atomic mass is 9.98. The highest BCUT2D eigenvalue weighted by Crippen LogP contribution is 2.25. The average molecular weight is 310 g/mol. The fourth-order valence-electron chi connectivity index (χ4n) is 3.46. The molecule has 6 heteroatoms. The van der Waals surface area contributed by atoms with Crippen LogP contribution in [0, 0.1) is 12.8 Å². The first-order valence-corrected chi connectivity index (χ1v) is 8.34. The number of aromatic nitrogens is 4. The maximum absolute atomic E-state index is 6.13. The van der Waals surface area contributed by atoms with Gasteiger partial charge in [0, 0.05) is 19.6 Å². The molecule has 0 spiro atoms. The van der Waals surface area contributed by atoms with E-state index in [1.807, 2.05) is 6.92 Å². The first kappa shape index (κ1) is 14.9. The summed E-state index contributed by atoms with van der Waals surface area (Å²) >= 11 is 6.13. The lowest BCUT2D eigenvalue weighted by Crippen LogP contribution is -2.34. The van der Waals surface area contributed by atoms with Gasteiger partial charge in [-0.05, 0) is 46.2 Å². The minimum Gasteiger partial charge on any atom is -0.312 e. The molecule has 1 saturated heterocycles. The zero-order valence-electron chi connectivity index (χ0n) is 13.1. The standard InChI is InChI=1S/C15H24ClN5/c1-4-21-15-14(11(2)18-21)17-13(8-16)20(15)10-12-6-5-7-19(3)9-12/h12H,4-10H2,1-3H3. The molecule has 1 atom stereocenters. The first-order valence-electron chi connectivity index (χ1n) is 7.81. The summed E-state index contributed by atoms with van der Waals surface area (Å²) in [6.07, 6.45) is 2.56. The van der Waals surface area contributed by atoms with Gasteiger partial charge in [0.05, 0.1) is 11.6 Å². The minimum absolute atomic E-state index is 0.459. The third kappa shape index (κ3) is 2.69. The first-order chi connectivity index (χ1) is 10.1. The largest absolute Gasteiger partial charge is 0.312 e. The van der Waals surface area contributed by atoms with E-state index in [0.717, 1.165) is 42.3 Å². The molecule has 3 heterocycles. The SMILES string of the molecule is CCn1nc(C)c2nc(CCl)n(CC3CCCN(C)C3)c21. The fraction of sp³-hybridized carbons (Fsp3) is 0.733. The van der Waals surface area contributed by atoms with Crippen molar-refractivity contribution in [3.63, 3.8) is 0 Å². The Balaban J connectivity index is 1.99. The van der Waals surface area contributed by atoms with Gasteiger partial charge in [-0.3, -0.25) is 0 Å². The maximum atomic E-state index is 6.13. The number of hydrogen-bond acceptors (Lipinski definition) is 3. The molecule has 0 saturated carbocycles. The highest BCUT2D eigenvalue weighted by molar-refractivity contribution is 6.16. The van der Waals surface area contributed by atoms with Crippen LogP contribution in [0.25, 0.3) is 11.2 Å². The Morgan fingerprint density at radius 1 is 1.38 bits per heavy atom. The molecule has 1 aliphatic heterocycles. The van der Waals surface area contributed by atoms with Crippen LogP contribution in [0.1, 0.15) is 31.3 Å². The summed E-state index contributed by atoms with van der Waals surface area (Å²) in [6.45, 7) is 8.37. The van der Waals surface area contributed by atoms with Crippen molar-refractivity contribution in [2.75, 3.05) is 20.1 Å². The Morgan fingerprint density at radius 3 is 2.86 bits per heavy atom. The van der Waals surface area contributed by atoms with Crippen molar-refractivity contribution >= 4 is 22.8 Å². The number of hydrogen-bond donors (Lipinski definition) is 0. The van der Waals surface area contributed by atoms with Gasteiger partial charge >= 0.3 is 0 Å². The van der Waals surface area contributed by atoms with Crippen LogP contribution in [-0.4, -0.2) is 44.4 Å². The van der Waals surface area contributed by atoms with Gasteiger partial charge in [-0.2, -0.15) is 5.10 Å². The summed E-state index contributed by atoms with van der Waals surface area (Å²) in [5.41, 5.74) is 3.15. The highest BCUT2D eigenvalue weighted by Gasteiger charge is 2.23. The lowest BCUT2D eigenvalue weighted by molar-refractivity contribution is 0.194. The molecule has 0 N–H and O–H groups in total. The van der Waals surface area contributed by atoms with Crippen LogP contribution >= 0.6 is 11.6 Å². The Labute approximate surface area is 130 Å². The average Bonchev–Trinajstić information content (AvgIpc) is 2.97. The van der Waals surface area contributed by atoms with Crippen LogP contribution in [0.15, 0.2) is 0 Å². The predicted octanol–water partition coefficient (Wildman–Crippen LogP) is 2.64. The zero-order chi connectivity index (χ0) is 15.0. The predicted molar refractivity (Wildman–Crippen MR) is 85.7 cm³/mol. The second-order valence-electron chi connectivity index (χ2n) is 6.12. The highest BCUT2D eigenvalue weighted by atomic mass is 35.5. The third-order valence-corrected chi connectivity index (χ3v) is 4.70. The summed E-state index contributed by atoms with van der Waals surface area (Å²) in [4.78, 5) is 7.14. The van der Waals surface area contributed by atoms with Gasteiger partial charge in [0.25, 0.3) is 0 Å². The van der Waals surface area contributed by atoms with Gasteiger partial charge in [-0.15, -0.1) is 11.6 Å². The molecule has 2 aromatic heterocycles. The number of halogens is 1. The van der Waals surface area contributed by atoms with E-state index in [0.29, 0.717) is 11.8 Å².